The maximum absolute atomic E-state index is 12.5. The Hall–Kier alpha value is -3.52. The Morgan fingerprint density at radius 2 is 1.64 bits per heavy atom. The predicted octanol–water partition coefficient (Wildman–Crippen LogP) is 2.49. The first kappa shape index (κ1) is 17.9. The van der Waals surface area contributed by atoms with E-state index in [1.54, 1.807) is 29.1 Å². The largest absolute Gasteiger partial charge is 0.287 e. The normalized spacial score (nSPS) is 11.5. The van der Waals surface area contributed by atoms with E-state index < -0.39 is 9.84 Å². The van der Waals surface area contributed by atoms with Crippen molar-refractivity contribution >= 4 is 9.84 Å². The van der Waals surface area contributed by atoms with Gasteiger partial charge in [-0.3, -0.25) is 4.79 Å². The monoisotopic (exact) mass is 392 g/mol. The fourth-order valence-corrected chi connectivity index (χ4v) is 3.50. The first-order valence-electron chi connectivity index (χ1n) is 8.44. The minimum Gasteiger partial charge on any atom is -0.287 e. The van der Waals surface area contributed by atoms with Gasteiger partial charge in [-0.05, 0) is 36.4 Å². The third kappa shape index (κ3) is 3.37. The zero-order chi connectivity index (χ0) is 19.7. The van der Waals surface area contributed by atoms with Crippen LogP contribution in [0.3, 0.4) is 0 Å². The number of hydrogen-bond acceptors (Lipinski definition) is 5. The third-order valence-electron chi connectivity index (χ3n) is 4.20. The second-order valence-electron chi connectivity index (χ2n) is 6.21. The van der Waals surface area contributed by atoms with E-state index in [1.165, 1.54) is 29.1 Å². The van der Waals surface area contributed by atoms with Gasteiger partial charge in [0.15, 0.2) is 15.5 Å². The molecule has 0 aliphatic heterocycles. The van der Waals surface area contributed by atoms with Crippen molar-refractivity contribution in [2.45, 2.75) is 4.90 Å². The van der Waals surface area contributed by atoms with E-state index in [9.17, 15) is 13.2 Å². The van der Waals surface area contributed by atoms with Gasteiger partial charge in [0, 0.05) is 18.5 Å². The molecular weight excluding hydrogens is 376 g/mol. The molecule has 0 amide bonds. The van der Waals surface area contributed by atoms with E-state index in [-0.39, 0.29) is 16.0 Å². The molecule has 0 spiro atoms. The van der Waals surface area contributed by atoms with Crippen LogP contribution in [0.5, 0.6) is 0 Å². The number of sulfone groups is 1. The summed E-state index contributed by atoms with van der Waals surface area (Å²) < 4.78 is 26.8. The quantitative estimate of drug-likeness (QED) is 0.533. The average Bonchev–Trinajstić information content (AvgIpc) is 3.18. The lowest BCUT2D eigenvalue weighted by molar-refractivity contribution is 0.601. The summed E-state index contributed by atoms with van der Waals surface area (Å²) in [5.74, 6) is 0. The fourth-order valence-electron chi connectivity index (χ4n) is 2.84. The van der Waals surface area contributed by atoms with E-state index in [1.807, 2.05) is 30.3 Å². The average molecular weight is 392 g/mol. The maximum Gasteiger partial charge on any atom is 0.209 e. The summed E-state index contributed by atoms with van der Waals surface area (Å²) in [6, 6.07) is 19.0. The molecule has 0 bridgehead atoms. The van der Waals surface area contributed by atoms with Gasteiger partial charge < -0.3 is 0 Å². The van der Waals surface area contributed by atoms with Crippen molar-refractivity contribution in [3.05, 3.63) is 89.3 Å². The lowest BCUT2D eigenvalue weighted by Crippen LogP contribution is -2.15. The summed E-state index contributed by atoms with van der Waals surface area (Å²) in [4.78, 5) is 12.7. The molecule has 4 rings (SSSR count). The number of aromatic nitrogens is 4. The molecule has 0 saturated carbocycles. The highest BCUT2D eigenvalue weighted by Crippen LogP contribution is 2.19. The van der Waals surface area contributed by atoms with Crippen LogP contribution in [0.2, 0.25) is 0 Å². The van der Waals surface area contributed by atoms with E-state index in [2.05, 4.69) is 10.2 Å². The van der Waals surface area contributed by atoms with Crippen LogP contribution in [0.25, 0.3) is 22.8 Å². The van der Waals surface area contributed by atoms with Crippen molar-refractivity contribution in [2.75, 3.05) is 6.26 Å². The van der Waals surface area contributed by atoms with Gasteiger partial charge in [0.05, 0.1) is 28.2 Å². The molecule has 0 unspecified atom stereocenters. The van der Waals surface area contributed by atoms with Crippen LogP contribution in [-0.4, -0.2) is 34.2 Å². The molecular formula is C20H16N4O3S. The summed E-state index contributed by atoms with van der Waals surface area (Å²) in [6.07, 6.45) is 4.26. The Kier molecular flexibility index (Phi) is 4.40. The minimum absolute atomic E-state index is 0.182. The van der Waals surface area contributed by atoms with Crippen LogP contribution in [0.15, 0.2) is 88.8 Å². The van der Waals surface area contributed by atoms with Crippen molar-refractivity contribution in [2.24, 2.45) is 0 Å². The summed E-state index contributed by atoms with van der Waals surface area (Å²) in [5.41, 5.74) is 1.85. The summed E-state index contributed by atoms with van der Waals surface area (Å²) >= 11 is 0. The molecule has 2 aromatic heterocycles. The topological polar surface area (TPSA) is 86.9 Å². The van der Waals surface area contributed by atoms with Gasteiger partial charge in [-0.2, -0.15) is 10.2 Å². The van der Waals surface area contributed by atoms with Crippen LogP contribution in [0.4, 0.5) is 0 Å². The first-order valence-corrected chi connectivity index (χ1v) is 10.3. The van der Waals surface area contributed by atoms with Crippen LogP contribution >= 0.6 is 0 Å². The van der Waals surface area contributed by atoms with Gasteiger partial charge in [-0.1, -0.05) is 24.3 Å². The molecule has 0 aliphatic carbocycles. The molecule has 4 aromatic rings. The molecule has 140 valence electrons. The van der Waals surface area contributed by atoms with Crippen molar-refractivity contribution in [3.8, 4) is 22.8 Å². The number of rotatable bonds is 4. The van der Waals surface area contributed by atoms with Gasteiger partial charge in [0.25, 0.3) is 0 Å². The van der Waals surface area contributed by atoms with Crippen molar-refractivity contribution in [1.82, 2.24) is 19.6 Å². The summed E-state index contributed by atoms with van der Waals surface area (Å²) in [5, 5.41) is 8.74. The summed E-state index contributed by atoms with van der Waals surface area (Å²) in [7, 11) is -3.35. The fraction of sp³-hybridized carbons (Fsp3) is 0.0500. The number of hydrogen-bond donors (Lipinski definition) is 0. The summed E-state index contributed by atoms with van der Waals surface area (Å²) in [6.45, 7) is 0. The number of benzene rings is 2. The molecule has 0 atom stereocenters. The molecule has 0 radical (unpaired) electrons. The lowest BCUT2D eigenvalue weighted by atomic mass is 10.2. The van der Waals surface area contributed by atoms with Crippen LogP contribution in [-0.2, 0) is 9.84 Å². The van der Waals surface area contributed by atoms with Crippen LogP contribution in [0, 0.1) is 0 Å². The smallest absolute Gasteiger partial charge is 0.209 e. The van der Waals surface area contributed by atoms with Gasteiger partial charge in [-0.25, -0.2) is 17.8 Å². The maximum atomic E-state index is 12.5. The van der Waals surface area contributed by atoms with E-state index in [0.717, 1.165) is 11.9 Å². The standard InChI is InChI=1S/C20H16N4O3S/c1-28(26,27)17-9-5-8-16(14-17)23-13-11-19(25)20(22-23)18-10-12-21-24(18)15-6-3-2-4-7-15/h2-14H,1H3. The molecule has 28 heavy (non-hydrogen) atoms. The highest BCUT2D eigenvalue weighted by Gasteiger charge is 2.14. The second kappa shape index (κ2) is 6.90. The molecule has 0 N–H and O–H groups in total. The number of nitrogens with zero attached hydrogens (tertiary/aromatic N) is 4. The Morgan fingerprint density at radius 1 is 0.893 bits per heavy atom. The lowest BCUT2D eigenvalue weighted by Gasteiger charge is -2.10. The van der Waals surface area contributed by atoms with E-state index in [4.69, 9.17) is 0 Å². The Morgan fingerprint density at radius 3 is 2.39 bits per heavy atom. The van der Waals surface area contributed by atoms with Crippen LogP contribution in [0.1, 0.15) is 0 Å². The Balaban J connectivity index is 1.85. The highest BCUT2D eigenvalue weighted by atomic mass is 32.2. The molecule has 0 fully saturated rings. The van der Waals surface area contributed by atoms with Gasteiger partial charge >= 0.3 is 0 Å². The highest BCUT2D eigenvalue weighted by molar-refractivity contribution is 7.90. The first-order chi connectivity index (χ1) is 13.4. The zero-order valence-corrected chi connectivity index (χ0v) is 15.7. The van der Waals surface area contributed by atoms with E-state index >= 15 is 0 Å². The number of para-hydroxylation sites is 1. The zero-order valence-electron chi connectivity index (χ0n) is 14.9. The molecule has 7 nitrogen and oxygen atoms in total. The molecule has 0 saturated heterocycles. The Labute approximate surface area is 161 Å². The SMILES string of the molecule is CS(=O)(=O)c1cccc(-n2ccc(=O)c(-c3ccnn3-c3ccccc3)n2)c1. The van der Waals surface area contributed by atoms with Gasteiger partial charge in [0.2, 0.25) is 5.43 Å². The molecule has 2 aromatic carbocycles. The minimum atomic E-state index is -3.35. The van der Waals surface area contributed by atoms with Crippen molar-refractivity contribution in [3.63, 3.8) is 0 Å². The Bertz CT molecular complexity index is 1310. The second-order valence-corrected chi connectivity index (χ2v) is 8.22. The van der Waals surface area contributed by atoms with Crippen molar-refractivity contribution < 1.29 is 8.42 Å². The molecule has 8 heteroatoms. The molecule has 2 heterocycles. The van der Waals surface area contributed by atoms with Crippen molar-refractivity contribution in [1.29, 1.82) is 0 Å². The van der Waals surface area contributed by atoms with Gasteiger partial charge in [0.1, 0.15) is 0 Å². The van der Waals surface area contributed by atoms with Crippen LogP contribution < -0.4 is 5.43 Å². The molecule has 0 aliphatic rings. The predicted molar refractivity (Wildman–Crippen MR) is 106 cm³/mol. The van der Waals surface area contributed by atoms with Gasteiger partial charge in [-0.15, -0.1) is 0 Å². The van der Waals surface area contributed by atoms with E-state index in [0.29, 0.717) is 11.4 Å². The third-order valence-corrected chi connectivity index (χ3v) is 5.31.